The van der Waals surface area contributed by atoms with E-state index in [4.69, 9.17) is 16.9 Å². The monoisotopic (exact) mass is 230 g/mol. The third kappa shape index (κ3) is 2.00. The molecule has 0 atom stereocenters. The third-order valence-corrected chi connectivity index (χ3v) is 2.45. The normalized spacial score (nSPS) is 9.81. The lowest BCUT2D eigenvalue weighted by Crippen LogP contribution is -1.93. The molecular formula is C11H7ClN4. The molecule has 0 radical (unpaired) electrons. The Hall–Kier alpha value is -1.99. The van der Waals surface area contributed by atoms with Crippen molar-refractivity contribution in [3.05, 3.63) is 40.7 Å². The van der Waals surface area contributed by atoms with Gasteiger partial charge < -0.3 is 0 Å². The van der Waals surface area contributed by atoms with E-state index in [1.54, 1.807) is 12.1 Å². The Kier molecular flexibility index (Phi) is 2.80. The number of nitriles is 1. The number of hydrogen-bond acceptors (Lipinski definition) is 4. The molecule has 0 aliphatic heterocycles. The van der Waals surface area contributed by atoms with Crippen molar-refractivity contribution in [1.82, 2.24) is 15.2 Å². The van der Waals surface area contributed by atoms with E-state index in [0.29, 0.717) is 22.1 Å². The van der Waals surface area contributed by atoms with Crippen molar-refractivity contribution in [2.45, 2.75) is 6.92 Å². The van der Waals surface area contributed by atoms with Crippen molar-refractivity contribution in [2.75, 3.05) is 0 Å². The zero-order chi connectivity index (χ0) is 11.5. The van der Waals surface area contributed by atoms with E-state index in [1.807, 2.05) is 19.1 Å². The molecule has 0 unspecified atom stereocenters. The fourth-order valence-corrected chi connectivity index (χ4v) is 1.30. The van der Waals surface area contributed by atoms with Crippen LogP contribution in [0.4, 0.5) is 0 Å². The third-order valence-electron chi connectivity index (χ3n) is 2.08. The molecule has 0 bridgehead atoms. The number of aryl methyl sites for hydroxylation is 1. The van der Waals surface area contributed by atoms with Gasteiger partial charge in [-0.2, -0.15) is 5.26 Å². The molecule has 2 heterocycles. The summed E-state index contributed by atoms with van der Waals surface area (Å²) in [5.41, 5.74) is 2.68. The first-order chi connectivity index (χ1) is 7.70. The van der Waals surface area contributed by atoms with Crippen molar-refractivity contribution in [2.24, 2.45) is 0 Å². The summed E-state index contributed by atoms with van der Waals surface area (Å²) in [5.74, 6) is 0. The van der Waals surface area contributed by atoms with Crippen molar-refractivity contribution in [3.8, 4) is 17.5 Å². The number of rotatable bonds is 1. The highest BCUT2D eigenvalue weighted by Gasteiger charge is 2.04. The number of hydrogen-bond donors (Lipinski definition) is 0. The Morgan fingerprint density at radius 2 is 2.06 bits per heavy atom. The molecular weight excluding hydrogens is 224 g/mol. The molecule has 2 aromatic heterocycles. The van der Waals surface area contributed by atoms with Crippen LogP contribution in [0.2, 0.25) is 5.15 Å². The summed E-state index contributed by atoms with van der Waals surface area (Å²) in [6.45, 7) is 1.85. The molecule has 2 rings (SSSR count). The second kappa shape index (κ2) is 4.25. The van der Waals surface area contributed by atoms with E-state index >= 15 is 0 Å². The average molecular weight is 231 g/mol. The van der Waals surface area contributed by atoms with Crippen molar-refractivity contribution >= 4 is 11.6 Å². The van der Waals surface area contributed by atoms with Gasteiger partial charge in [0.15, 0.2) is 5.15 Å². The molecule has 2 aromatic rings. The first kappa shape index (κ1) is 10.5. The van der Waals surface area contributed by atoms with Crippen LogP contribution < -0.4 is 0 Å². The van der Waals surface area contributed by atoms with Gasteiger partial charge in [-0.25, -0.2) is 0 Å². The van der Waals surface area contributed by atoms with E-state index in [2.05, 4.69) is 15.2 Å². The van der Waals surface area contributed by atoms with Crippen LogP contribution in [0, 0.1) is 18.3 Å². The maximum atomic E-state index is 8.64. The summed E-state index contributed by atoms with van der Waals surface area (Å²) in [6, 6.07) is 7.24. The first-order valence-corrected chi connectivity index (χ1v) is 4.95. The van der Waals surface area contributed by atoms with Crippen molar-refractivity contribution in [1.29, 1.82) is 5.26 Å². The van der Waals surface area contributed by atoms with Crippen LogP contribution in [0.25, 0.3) is 11.4 Å². The van der Waals surface area contributed by atoms with Gasteiger partial charge in [0.1, 0.15) is 11.8 Å². The molecule has 16 heavy (non-hydrogen) atoms. The highest BCUT2D eigenvalue weighted by atomic mass is 35.5. The molecule has 0 saturated heterocycles. The number of nitrogens with zero attached hydrogens (tertiary/aromatic N) is 4. The van der Waals surface area contributed by atoms with Crippen LogP contribution in [0.15, 0.2) is 24.4 Å². The topological polar surface area (TPSA) is 62.5 Å². The largest absolute Gasteiger partial charge is 0.253 e. The van der Waals surface area contributed by atoms with Gasteiger partial charge in [-0.1, -0.05) is 11.6 Å². The second-order valence-electron chi connectivity index (χ2n) is 3.25. The van der Waals surface area contributed by atoms with Gasteiger partial charge in [-0.05, 0) is 30.7 Å². The lowest BCUT2D eigenvalue weighted by molar-refractivity contribution is 1.01. The number of aromatic nitrogens is 3. The van der Waals surface area contributed by atoms with E-state index in [1.165, 1.54) is 6.20 Å². The first-order valence-electron chi connectivity index (χ1n) is 4.57. The molecule has 0 saturated carbocycles. The minimum atomic E-state index is 0.386. The van der Waals surface area contributed by atoms with Crippen LogP contribution in [-0.4, -0.2) is 15.2 Å². The minimum absolute atomic E-state index is 0.386. The molecule has 4 nitrogen and oxygen atoms in total. The molecule has 0 aliphatic rings. The Balaban J connectivity index is 2.43. The minimum Gasteiger partial charge on any atom is -0.253 e. The fourth-order valence-electron chi connectivity index (χ4n) is 1.21. The van der Waals surface area contributed by atoms with Crippen LogP contribution in [0.5, 0.6) is 0 Å². The molecule has 0 spiro atoms. The van der Waals surface area contributed by atoms with Gasteiger partial charge in [0.05, 0.1) is 11.3 Å². The molecule has 0 aromatic carbocycles. The summed E-state index contributed by atoms with van der Waals surface area (Å²) < 4.78 is 0. The Bertz CT molecular complexity index is 557. The molecule has 78 valence electrons. The maximum Gasteiger partial charge on any atom is 0.154 e. The fraction of sp³-hybridized carbons (Fsp3) is 0.0909. The molecule has 0 fully saturated rings. The number of halogens is 1. The summed E-state index contributed by atoms with van der Waals surface area (Å²) in [5, 5.41) is 16.8. The predicted molar refractivity (Wildman–Crippen MR) is 59.7 cm³/mol. The van der Waals surface area contributed by atoms with E-state index < -0.39 is 0 Å². The van der Waals surface area contributed by atoms with Gasteiger partial charge in [0.25, 0.3) is 0 Å². The van der Waals surface area contributed by atoms with E-state index in [-0.39, 0.29) is 0 Å². The van der Waals surface area contributed by atoms with Crippen LogP contribution in [0.3, 0.4) is 0 Å². The van der Waals surface area contributed by atoms with E-state index in [0.717, 1.165) is 5.56 Å². The number of pyridine rings is 1. The molecule has 0 amide bonds. The summed E-state index contributed by atoms with van der Waals surface area (Å²) in [7, 11) is 0. The zero-order valence-corrected chi connectivity index (χ0v) is 9.23. The highest BCUT2D eigenvalue weighted by molar-refractivity contribution is 6.30. The van der Waals surface area contributed by atoms with Crippen molar-refractivity contribution < 1.29 is 0 Å². The zero-order valence-electron chi connectivity index (χ0n) is 8.48. The summed E-state index contributed by atoms with van der Waals surface area (Å²) >= 11 is 5.78. The van der Waals surface area contributed by atoms with E-state index in [9.17, 15) is 0 Å². The Labute approximate surface area is 97.5 Å². The van der Waals surface area contributed by atoms with Gasteiger partial charge in [-0.15, -0.1) is 10.2 Å². The second-order valence-corrected chi connectivity index (χ2v) is 3.61. The summed E-state index contributed by atoms with van der Waals surface area (Å²) in [6.07, 6.45) is 1.50. The summed E-state index contributed by atoms with van der Waals surface area (Å²) in [4.78, 5) is 4.12. The quantitative estimate of drug-likeness (QED) is 0.755. The lowest BCUT2D eigenvalue weighted by Gasteiger charge is -2.01. The maximum absolute atomic E-state index is 8.64. The predicted octanol–water partition coefficient (Wildman–Crippen LogP) is 2.37. The lowest BCUT2D eigenvalue weighted by atomic mass is 10.2. The van der Waals surface area contributed by atoms with Crippen LogP contribution >= 0.6 is 11.6 Å². The SMILES string of the molecule is Cc1cc(-c2ccc(C#N)cn2)nnc1Cl. The average Bonchev–Trinajstić information content (AvgIpc) is 2.33. The molecule has 5 heteroatoms. The Morgan fingerprint density at radius 1 is 1.25 bits per heavy atom. The molecule has 0 N–H and O–H groups in total. The van der Waals surface area contributed by atoms with Crippen molar-refractivity contribution in [3.63, 3.8) is 0 Å². The van der Waals surface area contributed by atoms with Gasteiger partial charge in [0.2, 0.25) is 0 Å². The van der Waals surface area contributed by atoms with Crippen LogP contribution in [0.1, 0.15) is 11.1 Å². The highest BCUT2D eigenvalue weighted by Crippen LogP contribution is 2.18. The smallest absolute Gasteiger partial charge is 0.154 e. The Morgan fingerprint density at radius 3 is 2.62 bits per heavy atom. The van der Waals surface area contributed by atoms with Gasteiger partial charge >= 0.3 is 0 Å². The van der Waals surface area contributed by atoms with Crippen LogP contribution in [-0.2, 0) is 0 Å². The van der Waals surface area contributed by atoms with Gasteiger partial charge in [0, 0.05) is 6.20 Å². The standard InChI is InChI=1S/C11H7ClN4/c1-7-4-10(15-16-11(7)12)9-3-2-8(5-13)6-14-9/h2-4,6H,1H3. The van der Waals surface area contributed by atoms with Gasteiger partial charge in [-0.3, -0.25) is 4.98 Å². The molecule has 0 aliphatic carbocycles.